The quantitative estimate of drug-likeness (QED) is 0.779. The minimum absolute atomic E-state index is 0.0155. The molecule has 1 heterocycles. The summed E-state index contributed by atoms with van der Waals surface area (Å²) in [5.74, 6) is 0.946. The molecule has 0 atom stereocenters. The third kappa shape index (κ3) is 2.93. The standard InChI is InChI=1S/C10H15N3O3S/c11-5-7-3-8(4-7)16-10-2-1-9(6-13-10)17(12,14)15/h1-2,6-8H,3-5,11H2,(H2,12,14,15). The molecule has 0 aromatic carbocycles. The maximum absolute atomic E-state index is 11.0. The van der Waals surface area contributed by atoms with E-state index < -0.39 is 10.0 Å². The normalized spacial score (nSPS) is 24.1. The SMILES string of the molecule is NCC1CC(Oc2ccc(S(N)(=O)=O)cn2)C1. The highest BCUT2D eigenvalue weighted by molar-refractivity contribution is 7.89. The average Bonchev–Trinajstić information content (AvgIpc) is 2.22. The number of hydrogen-bond donors (Lipinski definition) is 2. The van der Waals surface area contributed by atoms with Crippen molar-refractivity contribution in [2.75, 3.05) is 6.54 Å². The number of nitrogens with two attached hydrogens (primary N) is 2. The molecular weight excluding hydrogens is 242 g/mol. The third-order valence-corrected chi connectivity index (χ3v) is 3.75. The Labute approximate surface area is 100 Å². The van der Waals surface area contributed by atoms with Gasteiger partial charge in [-0.1, -0.05) is 0 Å². The van der Waals surface area contributed by atoms with Gasteiger partial charge in [0.05, 0.1) is 6.20 Å². The van der Waals surface area contributed by atoms with Crippen molar-refractivity contribution in [1.29, 1.82) is 0 Å². The van der Waals surface area contributed by atoms with E-state index in [0.29, 0.717) is 18.3 Å². The average molecular weight is 257 g/mol. The van der Waals surface area contributed by atoms with Crippen LogP contribution in [-0.2, 0) is 10.0 Å². The number of sulfonamides is 1. The summed E-state index contributed by atoms with van der Waals surface area (Å²) >= 11 is 0. The molecule has 1 fully saturated rings. The Balaban J connectivity index is 1.96. The van der Waals surface area contributed by atoms with E-state index in [-0.39, 0.29) is 11.0 Å². The molecule has 0 radical (unpaired) electrons. The van der Waals surface area contributed by atoms with E-state index in [1.165, 1.54) is 18.3 Å². The molecule has 17 heavy (non-hydrogen) atoms. The molecule has 0 unspecified atom stereocenters. The van der Waals surface area contributed by atoms with Crippen LogP contribution < -0.4 is 15.6 Å². The fraction of sp³-hybridized carbons (Fsp3) is 0.500. The lowest BCUT2D eigenvalue weighted by Gasteiger charge is -2.34. The van der Waals surface area contributed by atoms with Crippen molar-refractivity contribution >= 4 is 10.0 Å². The summed E-state index contributed by atoms with van der Waals surface area (Å²) in [6.45, 7) is 0.678. The van der Waals surface area contributed by atoms with E-state index in [1.807, 2.05) is 0 Å². The molecule has 1 aliphatic rings. The number of hydrogen-bond acceptors (Lipinski definition) is 5. The highest BCUT2D eigenvalue weighted by Crippen LogP contribution is 2.29. The van der Waals surface area contributed by atoms with Gasteiger partial charge in [-0.25, -0.2) is 18.5 Å². The van der Waals surface area contributed by atoms with Gasteiger partial charge in [-0.3, -0.25) is 0 Å². The zero-order chi connectivity index (χ0) is 12.5. The van der Waals surface area contributed by atoms with Crippen LogP contribution in [0, 0.1) is 5.92 Å². The first-order valence-corrected chi connectivity index (χ1v) is 6.89. The lowest BCUT2D eigenvalue weighted by Crippen LogP contribution is -2.37. The molecule has 1 aromatic heterocycles. The molecule has 0 spiro atoms. The number of pyridine rings is 1. The molecule has 6 nitrogen and oxygen atoms in total. The fourth-order valence-corrected chi connectivity index (χ4v) is 2.20. The van der Waals surface area contributed by atoms with Gasteiger partial charge >= 0.3 is 0 Å². The fourth-order valence-electron chi connectivity index (χ4n) is 1.74. The Kier molecular flexibility index (Phi) is 3.32. The zero-order valence-corrected chi connectivity index (χ0v) is 10.1. The maximum atomic E-state index is 11.0. The Hall–Kier alpha value is -1.18. The molecule has 94 valence electrons. The van der Waals surface area contributed by atoms with Crippen molar-refractivity contribution in [2.24, 2.45) is 16.8 Å². The summed E-state index contributed by atoms with van der Waals surface area (Å²) in [7, 11) is -3.69. The van der Waals surface area contributed by atoms with Crippen LogP contribution in [0.3, 0.4) is 0 Å². The van der Waals surface area contributed by atoms with Gasteiger partial charge in [-0.2, -0.15) is 0 Å². The van der Waals surface area contributed by atoms with Gasteiger partial charge < -0.3 is 10.5 Å². The second-order valence-corrected chi connectivity index (χ2v) is 5.75. The van der Waals surface area contributed by atoms with Crippen LogP contribution in [0.5, 0.6) is 5.88 Å². The van der Waals surface area contributed by atoms with Crippen molar-refractivity contribution in [3.05, 3.63) is 18.3 Å². The summed E-state index contributed by atoms with van der Waals surface area (Å²) in [6, 6.07) is 2.90. The van der Waals surface area contributed by atoms with Gasteiger partial charge in [0.25, 0.3) is 0 Å². The van der Waals surface area contributed by atoms with Crippen LogP contribution in [0.4, 0.5) is 0 Å². The molecule has 0 amide bonds. The van der Waals surface area contributed by atoms with Gasteiger partial charge in [0.2, 0.25) is 15.9 Å². The van der Waals surface area contributed by atoms with Crippen molar-refractivity contribution in [3.8, 4) is 5.88 Å². The van der Waals surface area contributed by atoms with Crippen LogP contribution in [0.25, 0.3) is 0 Å². The Bertz CT molecular complexity index is 480. The molecule has 7 heteroatoms. The molecule has 1 saturated carbocycles. The Morgan fingerprint density at radius 1 is 1.41 bits per heavy atom. The summed E-state index contributed by atoms with van der Waals surface area (Å²) in [4.78, 5) is 3.89. The molecular formula is C10H15N3O3S. The lowest BCUT2D eigenvalue weighted by atomic mass is 9.82. The van der Waals surface area contributed by atoms with Gasteiger partial charge in [-0.05, 0) is 31.4 Å². The van der Waals surface area contributed by atoms with Gasteiger partial charge in [-0.15, -0.1) is 0 Å². The Morgan fingerprint density at radius 3 is 2.59 bits per heavy atom. The summed E-state index contributed by atoms with van der Waals surface area (Å²) in [5, 5.41) is 4.96. The monoisotopic (exact) mass is 257 g/mol. The van der Waals surface area contributed by atoms with E-state index >= 15 is 0 Å². The summed E-state index contributed by atoms with van der Waals surface area (Å²) in [6.07, 6.45) is 3.19. The number of ether oxygens (including phenoxy) is 1. The zero-order valence-electron chi connectivity index (χ0n) is 9.24. The smallest absolute Gasteiger partial charge is 0.239 e. The number of nitrogens with zero attached hydrogens (tertiary/aromatic N) is 1. The summed E-state index contributed by atoms with van der Waals surface area (Å²) < 4.78 is 27.5. The van der Waals surface area contributed by atoms with Gasteiger partial charge in [0, 0.05) is 6.07 Å². The topological polar surface area (TPSA) is 108 Å². The summed E-state index contributed by atoms with van der Waals surface area (Å²) in [5.41, 5.74) is 5.51. The first kappa shape index (κ1) is 12.3. The largest absolute Gasteiger partial charge is 0.474 e. The van der Waals surface area contributed by atoms with Crippen LogP contribution in [0.1, 0.15) is 12.8 Å². The lowest BCUT2D eigenvalue weighted by molar-refractivity contribution is 0.0648. The van der Waals surface area contributed by atoms with E-state index in [4.69, 9.17) is 15.6 Å². The number of primary sulfonamides is 1. The number of rotatable bonds is 4. The van der Waals surface area contributed by atoms with Crippen molar-refractivity contribution in [1.82, 2.24) is 4.98 Å². The molecule has 1 aromatic rings. The van der Waals surface area contributed by atoms with Crippen molar-refractivity contribution < 1.29 is 13.2 Å². The van der Waals surface area contributed by atoms with Gasteiger partial charge in [0.15, 0.2) is 0 Å². The third-order valence-electron chi connectivity index (χ3n) is 2.85. The molecule has 1 aliphatic carbocycles. The predicted octanol–water partition coefficient (Wildman–Crippen LogP) is -0.155. The minimum Gasteiger partial charge on any atom is -0.474 e. The van der Waals surface area contributed by atoms with Gasteiger partial charge in [0.1, 0.15) is 11.0 Å². The molecule has 0 bridgehead atoms. The minimum atomic E-state index is -3.69. The predicted molar refractivity (Wildman–Crippen MR) is 61.8 cm³/mol. The maximum Gasteiger partial charge on any atom is 0.239 e. The molecule has 0 saturated heterocycles. The van der Waals surface area contributed by atoms with Crippen LogP contribution in [0.15, 0.2) is 23.2 Å². The van der Waals surface area contributed by atoms with E-state index in [2.05, 4.69) is 4.98 Å². The van der Waals surface area contributed by atoms with E-state index in [9.17, 15) is 8.42 Å². The molecule has 0 aliphatic heterocycles. The van der Waals surface area contributed by atoms with Crippen LogP contribution in [0.2, 0.25) is 0 Å². The second-order valence-electron chi connectivity index (χ2n) is 4.19. The van der Waals surface area contributed by atoms with Crippen LogP contribution >= 0.6 is 0 Å². The second kappa shape index (κ2) is 4.59. The van der Waals surface area contributed by atoms with Crippen LogP contribution in [-0.4, -0.2) is 26.1 Å². The van der Waals surface area contributed by atoms with E-state index in [0.717, 1.165) is 12.8 Å². The number of aromatic nitrogens is 1. The first-order valence-electron chi connectivity index (χ1n) is 5.34. The first-order chi connectivity index (χ1) is 7.99. The van der Waals surface area contributed by atoms with E-state index in [1.54, 1.807) is 0 Å². The molecule has 2 rings (SSSR count). The van der Waals surface area contributed by atoms with Crippen molar-refractivity contribution in [2.45, 2.75) is 23.8 Å². The van der Waals surface area contributed by atoms with Crippen molar-refractivity contribution in [3.63, 3.8) is 0 Å². The molecule has 4 N–H and O–H groups in total. The highest BCUT2D eigenvalue weighted by Gasteiger charge is 2.29. The Morgan fingerprint density at radius 2 is 2.12 bits per heavy atom. The highest BCUT2D eigenvalue weighted by atomic mass is 32.2.